The van der Waals surface area contributed by atoms with Gasteiger partial charge in [-0.3, -0.25) is 38.6 Å². The third-order valence-corrected chi connectivity index (χ3v) is 6.11. The number of amides is 6. The van der Waals surface area contributed by atoms with Crippen LogP contribution < -0.4 is 27.0 Å². The van der Waals surface area contributed by atoms with E-state index in [1.807, 2.05) is 0 Å². The molecule has 0 aromatic rings. The fourth-order valence-electron chi connectivity index (χ4n) is 3.66. The maximum absolute atomic E-state index is 12.2. The minimum Gasteiger partial charge on any atom is -0.480 e. The van der Waals surface area contributed by atoms with Crippen LogP contribution >= 0.6 is 0 Å². The molecule has 0 aromatic carbocycles. The number of nitrogens with two attached hydrogens (primary N) is 1. The van der Waals surface area contributed by atoms with Gasteiger partial charge >= 0.3 is 24.1 Å². The number of nitrogens with one attached hydrogen (secondary N) is 4. The molecule has 0 rings (SSSR count). The van der Waals surface area contributed by atoms with Crippen molar-refractivity contribution in [1.29, 1.82) is 0 Å². The quantitative estimate of drug-likeness (QED) is 0.0284. The second-order valence-corrected chi connectivity index (χ2v) is 14.3. The molecule has 0 unspecified atom stereocenters. The molecule has 34 nitrogen and oxygen atoms in total. The molecule has 0 radical (unpaired) electrons. The lowest BCUT2D eigenvalue weighted by Crippen LogP contribution is -2.48. The van der Waals surface area contributed by atoms with Gasteiger partial charge in [0.05, 0.1) is 0 Å². The number of aliphatic carboxylic acids is 2. The Bertz CT molecular complexity index is 1720. The first kappa shape index (κ1) is 65.5. The monoisotopic (exact) mass is 956 g/mol. The summed E-state index contributed by atoms with van der Waals surface area (Å²) in [6.07, 6.45) is -0.883. The van der Waals surface area contributed by atoms with Gasteiger partial charge in [-0.05, 0) is 82.2 Å². The van der Waals surface area contributed by atoms with E-state index in [1.165, 1.54) is 0 Å². The topological polar surface area (TPSA) is 520 Å². The van der Waals surface area contributed by atoms with Crippen molar-refractivity contribution in [1.82, 2.24) is 31.1 Å². The zero-order chi connectivity index (χ0) is 52.1. The van der Waals surface area contributed by atoms with Gasteiger partial charge in [0.25, 0.3) is 0 Å². The number of rotatable bonds is 26. The fraction of sp³-hybridized carbons (Fsp3) is 0.758. The Balaban J connectivity index is -0.000000429. The molecule has 34 heteroatoms. The smallest absolute Gasteiger partial charge is 0.411 e. The first-order chi connectivity index (χ1) is 31.4. The lowest BCUT2D eigenvalue weighted by Gasteiger charge is -2.26. The molecule has 374 valence electrons. The number of carboxylic acids is 2. The molecule has 0 aromatic heterocycles. The predicted molar refractivity (Wildman–Crippen MR) is 236 cm³/mol. The second kappa shape index (κ2) is 41.9. The first-order valence-electron chi connectivity index (χ1n) is 19.6. The Hall–Kier alpha value is -8.13. The summed E-state index contributed by atoms with van der Waals surface area (Å²) in [6, 6.07) is 0. The summed E-state index contributed by atoms with van der Waals surface area (Å²) in [4.78, 5) is 105. The third kappa shape index (κ3) is 52.1. The molecule has 0 saturated heterocycles. The van der Waals surface area contributed by atoms with Crippen LogP contribution in [0.4, 0.5) is 9.59 Å². The normalized spacial score (nSPS) is 9.54. The zero-order valence-corrected chi connectivity index (χ0v) is 38.2. The summed E-state index contributed by atoms with van der Waals surface area (Å²) in [6.45, 7) is 9.71. The van der Waals surface area contributed by atoms with Crippen molar-refractivity contribution in [3.63, 3.8) is 0 Å². The van der Waals surface area contributed by atoms with E-state index in [2.05, 4.69) is 71.4 Å². The molecule has 0 saturated carbocycles. The molecule has 0 atom stereocenters. The maximum Gasteiger partial charge on any atom is 0.411 e. The maximum atomic E-state index is 12.2. The largest absolute Gasteiger partial charge is 0.480 e. The average molecular weight is 957 g/mol. The Kier molecular flexibility index (Phi) is 40.9. The van der Waals surface area contributed by atoms with Gasteiger partial charge < -0.3 is 46.7 Å². The van der Waals surface area contributed by atoms with Crippen LogP contribution in [0.1, 0.15) is 60.8 Å². The van der Waals surface area contributed by atoms with Gasteiger partial charge in [-0.1, -0.05) is 25.6 Å². The lowest BCUT2D eigenvalue weighted by molar-refractivity contribution is -0.141. The van der Waals surface area contributed by atoms with E-state index in [4.69, 9.17) is 53.1 Å². The van der Waals surface area contributed by atoms with Crippen molar-refractivity contribution in [2.24, 2.45) is 31.3 Å². The number of hydrogen-bond acceptors (Lipinski definition) is 16. The van der Waals surface area contributed by atoms with Crippen molar-refractivity contribution in [2.75, 3.05) is 91.6 Å². The highest BCUT2D eigenvalue weighted by molar-refractivity contribution is 5.87. The summed E-state index contributed by atoms with van der Waals surface area (Å²) in [5.41, 5.74) is 43.3. The SMILES string of the molecule is CC(C)(C)OC(=O)N(CC(=O)NCCN=[N+]=[N-])CC(=O)NCCN=[N+]=[N-].CC(C)(C)OC(=O)N(CC(=O)O)CC(=O)O.[N-]=[N+]=NCCN.[N-]=[N+]=NCCNC(=O)CCCC(=O)NCCN=[N+]=[N-]. The van der Waals surface area contributed by atoms with E-state index < -0.39 is 73.3 Å². The van der Waals surface area contributed by atoms with E-state index in [0.717, 1.165) is 4.90 Å². The number of carboxylic acid groups (broad SMARTS) is 2. The Morgan fingerprint density at radius 2 is 0.761 bits per heavy atom. The summed E-state index contributed by atoms with van der Waals surface area (Å²) < 4.78 is 10.0. The minimum atomic E-state index is -1.30. The summed E-state index contributed by atoms with van der Waals surface area (Å²) in [5, 5.41) is 43.3. The second-order valence-electron chi connectivity index (χ2n) is 14.3. The number of hydrogen-bond donors (Lipinski definition) is 7. The fourth-order valence-corrected chi connectivity index (χ4v) is 3.66. The highest BCUT2D eigenvalue weighted by Gasteiger charge is 2.27. The van der Waals surface area contributed by atoms with E-state index >= 15 is 0 Å². The Labute approximate surface area is 383 Å². The molecule has 0 bridgehead atoms. The Morgan fingerprint density at radius 1 is 0.493 bits per heavy atom. The van der Waals surface area contributed by atoms with Crippen LogP contribution in [0.2, 0.25) is 0 Å². The summed E-state index contributed by atoms with van der Waals surface area (Å²) in [7, 11) is 0. The predicted octanol–water partition coefficient (Wildman–Crippen LogP) is 2.73. The van der Waals surface area contributed by atoms with Gasteiger partial charge in [0.15, 0.2) is 0 Å². The van der Waals surface area contributed by atoms with Gasteiger partial charge in [0.1, 0.15) is 37.4 Å². The van der Waals surface area contributed by atoms with Gasteiger partial charge in [-0.2, -0.15) is 0 Å². The number of nitrogens with zero attached hydrogens (tertiary/aromatic N) is 17. The molecule has 0 aliphatic carbocycles. The molecule has 0 spiro atoms. The van der Waals surface area contributed by atoms with Crippen molar-refractivity contribution in [3.8, 4) is 0 Å². The van der Waals surface area contributed by atoms with Crippen LogP contribution in [0.15, 0.2) is 25.6 Å². The average Bonchev–Trinajstić information content (AvgIpc) is 3.22. The molecule has 67 heavy (non-hydrogen) atoms. The van der Waals surface area contributed by atoms with Crippen molar-refractivity contribution >= 4 is 47.8 Å². The van der Waals surface area contributed by atoms with Crippen molar-refractivity contribution in [3.05, 3.63) is 52.2 Å². The summed E-state index contributed by atoms with van der Waals surface area (Å²) in [5.74, 6) is -4.04. The third-order valence-electron chi connectivity index (χ3n) is 6.11. The van der Waals surface area contributed by atoms with Gasteiger partial charge in [0, 0.05) is 96.3 Å². The van der Waals surface area contributed by atoms with E-state index in [-0.39, 0.29) is 63.9 Å². The highest BCUT2D eigenvalue weighted by atomic mass is 16.6. The first-order valence-corrected chi connectivity index (χ1v) is 19.6. The van der Waals surface area contributed by atoms with E-state index in [0.29, 0.717) is 37.5 Å². The molecule has 0 aliphatic heterocycles. The molecular weight excluding hydrogens is 897 g/mol. The van der Waals surface area contributed by atoms with Crippen molar-refractivity contribution in [2.45, 2.75) is 72.0 Å². The standard InChI is InChI=1S/C13H23N9O4.C9H16N8O2.C9H15NO6.C2H6N4/c1-13(2,3)26-12(25)22(8-10(23)16-4-6-18-20-14)9-11(24)17-5-7-19-21-15;10-16-14-6-4-12-8(18)2-1-3-9(19)13-5-7-15-17-11;1-9(2,3)16-8(15)10(4-6(11)12)5-7(13)14;3-1-2-5-6-4/h4-9H2,1-3H3,(H,16,23)(H,17,24);1-7H2,(H,12,18)(H,13,19);4-5H2,1-3H3,(H,11,12)(H,13,14);1-3H2. The van der Waals surface area contributed by atoms with Crippen LogP contribution in [0.3, 0.4) is 0 Å². The molecule has 0 fully saturated rings. The van der Waals surface area contributed by atoms with Crippen LogP contribution in [0.5, 0.6) is 0 Å². The molecule has 0 heterocycles. The van der Waals surface area contributed by atoms with E-state index in [1.54, 1.807) is 41.5 Å². The highest BCUT2D eigenvalue weighted by Crippen LogP contribution is 2.11. The number of azide groups is 5. The minimum absolute atomic E-state index is 0.0641. The molecular formula is C33H60N22O12. The number of carbonyl (C=O) groups is 8. The zero-order valence-electron chi connectivity index (χ0n) is 38.2. The van der Waals surface area contributed by atoms with Crippen LogP contribution in [-0.4, -0.2) is 171 Å². The lowest BCUT2D eigenvalue weighted by atomic mass is 10.2. The summed E-state index contributed by atoms with van der Waals surface area (Å²) >= 11 is 0. The Morgan fingerprint density at radius 3 is 1.00 bits per heavy atom. The molecule has 6 amide bonds. The van der Waals surface area contributed by atoms with Gasteiger partial charge in [0.2, 0.25) is 23.6 Å². The van der Waals surface area contributed by atoms with Crippen LogP contribution in [0.25, 0.3) is 52.2 Å². The van der Waals surface area contributed by atoms with Gasteiger partial charge in [-0.15, -0.1) is 0 Å². The van der Waals surface area contributed by atoms with Crippen LogP contribution in [0, 0.1) is 0 Å². The van der Waals surface area contributed by atoms with Gasteiger partial charge in [-0.25, -0.2) is 9.59 Å². The number of carbonyl (C=O) groups excluding carboxylic acids is 6. The van der Waals surface area contributed by atoms with E-state index in [9.17, 15) is 38.4 Å². The molecule has 8 N–H and O–H groups in total. The van der Waals surface area contributed by atoms with Crippen molar-refractivity contribution < 1.29 is 58.0 Å². The van der Waals surface area contributed by atoms with Crippen LogP contribution in [-0.2, 0) is 38.2 Å². The molecule has 0 aliphatic rings. The number of ether oxygens (including phenoxy) is 2.